The van der Waals surface area contributed by atoms with Crippen molar-refractivity contribution in [2.45, 2.75) is 62.3 Å². The molecule has 2 aromatic rings. The third-order valence-corrected chi connectivity index (χ3v) is 7.83. The standard InChI is InChI=1S/C25H27ClF2N2O2S/c26-22-10-17(27)6-5-16(22)13-30-9-1-2-18(14-30)32-24-12-23(28)21(11-20(24)15-3-4-15)25(31)29-33-19-7-8-19/h5-6,10-12,15,18-19H,1-4,7-9,13-14H2,(H,29,31)/t18-/m1/s1. The molecule has 0 unspecified atom stereocenters. The lowest BCUT2D eigenvalue weighted by Crippen LogP contribution is -2.40. The van der Waals surface area contributed by atoms with Crippen LogP contribution in [0, 0.1) is 11.6 Å². The highest BCUT2D eigenvalue weighted by atomic mass is 35.5. The third-order valence-electron chi connectivity index (χ3n) is 6.37. The highest BCUT2D eigenvalue weighted by Crippen LogP contribution is 2.45. The van der Waals surface area contributed by atoms with Gasteiger partial charge in [0.15, 0.2) is 0 Å². The van der Waals surface area contributed by atoms with E-state index >= 15 is 0 Å². The summed E-state index contributed by atoms with van der Waals surface area (Å²) in [5.41, 5.74) is 1.90. The first-order chi connectivity index (χ1) is 16.0. The fourth-order valence-electron chi connectivity index (χ4n) is 4.26. The molecule has 1 aliphatic heterocycles. The number of carbonyl (C=O) groups is 1. The minimum absolute atomic E-state index is 0.0834. The lowest BCUT2D eigenvalue weighted by atomic mass is 10.0. The summed E-state index contributed by atoms with van der Waals surface area (Å²) >= 11 is 7.59. The molecule has 1 saturated heterocycles. The first-order valence-corrected chi connectivity index (χ1v) is 12.8. The molecule has 176 valence electrons. The van der Waals surface area contributed by atoms with E-state index in [4.69, 9.17) is 16.3 Å². The van der Waals surface area contributed by atoms with Crippen molar-refractivity contribution < 1.29 is 18.3 Å². The molecule has 3 aliphatic rings. The van der Waals surface area contributed by atoms with Crippen LogP contribution < -0.4 is 9.46 Å². The summed E-state index contributed by atoms with van der Waals surface area (Å²) in [5.74, 6) is -0.401. The van der Waals surface area contributed by atoms with Crippen molar-refractivity contribution in [3.8, 4) is 5.75 Å². The van der Waals surface area contributed by atoms with Crippen molar-refractivity contribution >= 4 is 29.5 Å². The van der Waals surface area contributed by atoms with Crippen molar-refractivity contribution in [3.05, 3.63) is 63.7 Å². The molecule has 33 heavy (non-hydrogen) atoms. The largest absolute Gasteiger partial charge is 0.489 e. The van der Waals surface area contributed by atoms with Crippen LogP contribution in [-0.4, -0.2) is 35.3 Å². The Labute approximate surface area is 202 Å². The van der Waals surface area contributed by atoms with E-state index in [0.717, 1.165) is 56.2 Å². The predicted octanol–water partition coefficient (Wildman–Crippen LogP) is 6.08. The van der Waals surface area contributed by atoms with Gasteiger partial charge in [0.2, 0.25) is 0 Å². The predicted molar refractivity (Wildman–Crippen MR) is 127 cm³/mol. The molecule has 8 heteroatoms. The zero-order valence-corrected chi connectivity index (χ0v) is 19.9. The molecule has 0 aromatic heterocycles. The Bertz CT molecular complexity index is 1050. The summed E-state index contributed by atoms with van der Waals surface area (Å²) in [5, 5.41) is 0.881. The van der Waals surface area contributed by atoms with Gasteiger partial charge in [-0.1, -0.05) is 17.7 Å². The van der Waals surface area contributed by atoms with Gasteiger partial charge in [-0.25, -0.2) is 8.78 Å². The second-order valence-electron chi connectivity index (χ2n) is 9.25. The number of hydrogen-bond acceptors (Lipinski definition) is 4. The van der Waals surface area contributed by atoms with E-state index in [-0.39, 0.29) is 23.4 Å². The molecular formula is C25H27ClF2N2O2S. The number of ether oxygens (including phenoxy) is 1. The number of hydrogen-bond donors (Lipinski definition) is 1. The first kappa shape index (κ1) is 22.9. The fourth-order valence-corrected chi connectivity index (χ4v) is 5.24. The summed E-state index contributed by atoms with van der Waals surface area (Å²) in [6.45, 7) is 2.19. The lowest BCUT2D eigenvalue weighted by molar-refractivity contribution is 0.0832. The molecule has 2 aromatic carbocycles. The highest BCUT2D eigenvalue weighted by molar-refractivity contribution is 7.98. The summed E-state index contributed by atoms with van der Waals surface area (Å²) in [4.78, 5) is 14.7. The van der Waals surface area contributed by atoms with Crippen LogP contribution in [-0.2, 0) is 6.54 Å². The normalized spacial score (nSPS) is 21.1. The molecule has 0 spiro atoms. The molecular weight excluding hydrogens is 466 g/mol. The van der Waals surface area contributed by atoms with Gasteiger partial charge in [-0.15, -0.1) is 0 Å². The number of benzene rings is 2. The minimum atomic E-state index is -0.547. The smallest absolute Gasteiger partial charge is 0.264 e. The average Bonchev–Trinajstić information content (AvgIpc) is 3.68. The Kier molecular flexibility index (Phi) is 6.81. The number of nitrogens with zero attached hydrogens (tertiary/aromatic N) is 1. The van der Waals surface area contributed by atoms with E-state index in [1.807, 2.05) is 0 Å². The molecule has 0 bridgehead atoms. The van der Waals surface area contributed by atoms with E-state index in [1.165, 1.54) is 30.1 Å². The Hall–Kier alpha value is -1.83. The molecule has 2 saturated carbocycles. The molecule has 2 aliphatic carbocycles. The number of rotatable bonds is 8. The van der Waals surface area contributed by atoms with Crippen molar-refractivity contribution in [1.29, 1.82) is 0 Å². The van der Waals surface area contributed by atoms with Crippen LogP contribution in [0.5, 0.6) is 5.75 Å². The quantitative estimate of drug-likeness (QED) is 0.453. The van der Waals surface area contributed by atoms with Gasteiger partial charge < -0.3 is 4.74 Å². The van der Waals surface area contributed by atoms with Gasteiger partial charge >= 0.3 is 0 Å². The number of nitrogens with one attached hydrogen (secondary N) is 1. The Morgan fingerprint density at radius 1 is 1.15 bits per heavy atom. The van der Waals surface area contributed by atoms with Crippen molar-refractivity contribution in [1.82, 2.24) is 9.62 Å². The van der Waals surface area contributed by atoms with E-state index in [2.05, 4.69) is 9.62 Å². The van der Waals surface area contributed by atoms with Gasteiger partial charge in [0.1, 0.15) is 23.5 Å². The molecule has 4 nitrogen and oxygen atoms in total. The van der Waals surface area contributed by atoms with Gasteiger partial charge in [-0.2, -0.15) is 0 Å². The van der Waals surface area contributed by atoms with Crippen LogP contribution >= 0.6 is 23.5 Å². The molecule has 1 N–H and O–H groups in total. The molecule has 3 fully saturated rings. The van der Waals surface area contributed by atoms with Gasteiger partial charge in [0.25, 0.3) is 5.91 Å². The van der Waals surface area contributed by atoms with Crippen LogP contribution in [0.2, 0.25) is 5.02 Å². The number of amides is 1. The maximum absolute atomic E-state index is 14.9. The number of likely N-dealkylation sites (tertiary alicyclic amines) is 1. The topological polar surface area (TPSA) is 41.6 Å². The van der Waals surface area contributed by atoms with E-state index in [0.29, 0.717) is 35.0 Å². The zero-order chi connectivity index (χ0) is 22.9. The van der Waals surface area contributed by atoms with Gasteiger partial charge in [0, 0.05) is 29.4 Å². The van der Waals surface area contributed by atoms with Crippen molar-refractivity contribution in [2.24, 2.45) is 0 Å². The second-order valence-corrected chi connectivity index (χ2v) is 10.8. The number of carbonyl (C=O) groups excluding carboxylic acids is 1. The van der Waals surface area contributed by atoms with E-state index in [1.54, 1.807) is 12.1 Å². The Morgan fingerprint density at radius 3 is 2.70 bits per heavy atom. The van der Waals surface area contributed by atoms with E-state index in [9.17, 15) is 13.6 Å². The molecule has 5 rings (SSSR count). The van der Waals surface area contributed by atoms with Crippen LogP contribution in [0.25, 0.3) is 0 Å². The van der Waals surface area contributed by atoms with Gasteiger partial charge in [0.05, 0.1) is 5.56 Å². The monoisotopic (exact) mass is 492 g/mol. The maximum atomic E-state index is 14.9. The second kappa shape index (κ2) is 9.80. The van der Waals surface area contributed by atoms with Crippen LogP contribution in [0.4, 0.5) is 8.78 Å². The maximum Gasteiger partial charge on any atom is 0.264 e. The van der Waals surface area contributed by atoms with Crippen LogP contribution in [0.15, 0.2) is 30.3 Å². The van der Waals surface area contributed by atoms with Crippen molar-refractivity contribution in [3.63, 3.8) is 0 Å². The molecule has 1 amide bonds. The minimum Gasteiger partial charge on any atom is -0.489 e. The number of piperidine rings is 1. The summed E-state index contributed by atoms with van der Waals surface area (Å²) in [7, 11) is 0. The van der Waals surface area contributed by atoms with Crippen LogP contribution in [0.3, 0.4) is 0 Å². The SMILES string of the molecule is O=C(NSC1CC1)c1cc(C2CC2)c(O[C@@H]2CCCN(Cc3ccc(F)cc3Cl)C2)cc1F. The van der Waals surface area contributed by atoms with E-state index < -0.39 is 5.82 Å². The molecule has 1 atom stereocenters. The summed E-state index contributed by atoms with van der Waals surface area (Å²) in [6.07, 6.45) is 5.99. The highest BCUT2D eigenvalue weighted by Gasteiger charge is 2.32. The van der Waals surface area contributed by atoms with Gasteiger partial charge in [-0.05, 0) is 92.3 Å². The van der Waals surface area contributed by atoms with Crippen molar-refractivity contribution in [2.75, 3.05) is 13.1 Å². The summed E-state index contributed by atoms with van der Waals surface area (Å²) in [6, 6.07) is 7.54. The first-order valence-electron chi connectivity index (χ1n) is 11.6. The molecule has 1 heterocycles. The van der Waals surface area contributed by atoms with Gasteiger partial charge in [-0.3, -0.25) is 14.4 Å². The van der Waals surface area contributed by atoms with Crippen LogP contribution in [0.1, 0.15) is 65.9 Å². The summed E-state index contributed by atoms with van der Waals surface area (Å²) < 4.78 is 37.3. The molecule has 0 radical (unpaired) electrons. The zero-order valence-electron chi connectivity index (χ0n) is 18.3. The Balaban J connectivity index is 1.27. The Morgan fingerprint density at radius 2 is 1.97 bits per heavy atom. The third kappa shape index (κ3) is 5.81. The lowest BCUT2D eigenvalue weighted by Gasteiger charge is -2.33. The average molecular weight is 493 g/mol. The fraction of sp³-hybridized carbons (Fsp3) is 0.480. The number of halogens is 3.